The second kappa shape index (κ2) is 15.6. The zero-order chi connectivity index (χ0) is 45.5. The van der Waals surface area contributed by atoms with Crippen LogP contribution in [0.5, 0.6) is 0 Å². The summed E-state index contributed by atoms with van der Waals surface area (Å²) >= 11 is 0. The summed E-state index contributed by atoms with van der Waals surface area (Å²) < 4.78 is 2.52. The quantitative estimate of drug-likeness (QED) is 0.155. The van der Waals surface area contributed by atoms with Crippen molar-refractivity contribution < 1.29 is 0 Å². The van der Waals surface area contributed by atoms with E-state index in [0.29, 0.717) is 0 Å². The fourth-order valence-electron chi connectivity index (χ4n) is 11.9. The average molecular weight is 877 g/mol. The maximum atomic E-state index is 2.53. The molecule has 0 amide bonds. The molecule has 2 aliphatic rings. The largest absolute Gasteiger partial charge is 0.309 e. The third kappa shape index (κ3) is 5.79. The van der Waals surface area contributed by atoms with Gasteiger partial charge < -0.3 is 9.47 Å². The van der Waals surface area contributed by atoms with Crippen molar-refractivity contribution in [1.29, 1.82) is 0 Å². The maximum absolute atomic E-state index is 2.53. The Bertz CT molecular complexity index is 3960. The van der Waals surface area contributed by atoms with Crippen molar-refractivity contribution in [2.45, 2.75) is 5.41 Å². The Kier molecular flexibility index (Phi) is 8.84. The lowest BCUT2D eigenvalue weighted by Crippen LogP contribution is -2.33. The first-order valence-electron chi connectivity index (χ1n) is 23.9. The van der Waals surface area contributed by atoms with Crippen molar-refractivity contribution in [2.75, 3.05) is 4.90 Å². The van der Waals surface area contributed by atoms with Crippen molar-refractivity contribution in [1.82, 2.24) is 4.57 Å². The fraction of sp³-hybridized carbons (Fsp3) is 0.0149. The lowest BCUT2D eigenvalue weighted by molar-refractivity contribution is 0.749. The highest BCUT2D eigenvalue weighted by Gasteiger charge is 2.51. The van der Waals surface area contributed by atoms with Crippen LogP contribution in [0.25, 0.3) is 83.1 Å². The summed E-state index contributed by atoms with van der Waals surface area (Å²) in [5.74, 6) is 0. The Hall–Kier alpha value is -8.98. The van der Waals surface area contributed by atoms with Gasteiger partial charge in [0.1, 0.15) is 0 Å². The minimum atomic E-state index is -0.560. The fourth-order valence-corrected chi connectivity index (χ4v) is 11.9. The molecule has 1 atom stereocenters. The van der Waals surface area contributed by atoms with Gasteiger partial charge in [0.2, 0.25) is 0 Å². The lowest BCUT2D eigenvalue weighted by Gasteiger charge is -2.39. The Labute approximate surface area is 402 Å². The molecule has 322 valence electrons. The van der Waals surface area contributed by atoms with E-state index < -0.39 is 5.41 Å². The van der Waals surface area contributed by atoms with E-state index >= 15 is 0 Å². The summed E-state index contributed by atoms with van der Waals surface area (Å²) in [4.78, 5) is 2.50. The number of nitrogens with zero attached hydrogens (tertiary/aromatic N) is 2. The first-order chi connectivity index (χ1) is 34.3. The molecule has 0 saturated carbocycles. The van der Waals surface area contributed by atoms with Gasteiger partial charge in [-0.25, -0.2) is 0 Å². The van der Waals surface area contributed by atoms with Gasteiger partial charge in [0.25, 0.3) is 0 Å². The normalized spacial score (nSPS) is 14.1. The summed E-state index contributed by atoms with van der Waals surface area (Å²) in [6.45, 7) is 0. The summed E-state index contributed by atoms with van der Waals surface area (Å²) in [6.07, 6.45) is 0. The number of benzene rings is 11. The molecule has 0 fully saturated rings. The van der Waals surface area contributed by atoms with E-state index in [1.807, 2.05) is 0 Å². The van der Waals surface area contributed by atoms with E-state index in [4.69, 9.17) is 0 Å². The summed E-state index contributed by atoms with van der Waals surface area (Å²) in [7, 11) is 0. The van der Waals surface area contributed by atoms with Gasteiger partial charge in [0.15, 0.2) is 0 Å². The topological polar surface area (TPSA) is 8.17 Å². The van der Waals surface area contributed by atoms with Crippen LogP contribution in [0, 0.1) is 0 Å². The highest BCUT2D eigenvalue weighted by Crippen LogP contribution is 2.62. The van der Waals surface area contributed by atoms with Crippen LogP contribution in [0.1, 0.15) is 22.3 Å². The van der Waals surface area contributed by atoms with Gasteiger partial charge in [-0.05, 0) is 97.6 Å². The molecule has 0 radical (unpaired) electrons. The van der Waals surface area contributed by atoms with Crippen LogP contribution in [0.4, 0.5) is 17.1 Å². The standard InChI is InChI=1S/C67H44N2/c1-3-20-45(21-4-1)46-38-40-48(41-39-46)51-25-9-15-34-62(51)68(61-33-14-8-24-50(61)47-22-5-2-6-23-47)63-35-16-10-26-52(63)49-42-43-54-53-27-7-12-30-57(53)67(60(54)44-49)58-31-13-18-37-65(58)69-64-36-17-11-28-55(64)56-29-19-32-59(67)66(56)69/h1-44H/t67-/m1/s1. The number of hydrogen-bond acceptors (Lipinski definition) is 1. The minimum Gasteiger partial charge on any atom is -0.309 e. The predicted octanol–water partition coefficient (Wildman–Crippen LogP) is 17.6. The van der Waals surface area contributed by atoms with Crippen LogP contribution in [0.2, 0.25) is 0 Å². The molecule has 14 rings (SSSR count). The van der Waals surface area contributed by atoms with Crippen LogP contribution in [0.15, 0.2) is 267 Å². The van der Waals surface area contributed by atoms with Crippen molar-refractivity contribution in [2.24, 2.45) is 0 Å². The number of anilines is 3. The third-order valence-corrected chi connectivity index (χ3v) is 14.8. The molecule has 0 N–H and O–H groups in total. The molecule has 0 saturated heterocycles. The van der Waals surface area contributed by atoms with Crippen LogP contribution in [0.3, 0.4) is 0 Å². The molecule has 1 spiro atoms. The van der Waals surface area contributed by atoms with E-state index in [1.54, 1.807) is 0 Å². The van der Waals surface area contributed by atoms with Gasteiger partial charge in [0.05, 0.1) is 39.2 Å². The second-order valence-electron chi connectivity index (χ2n) is 18.3. The van der Waals surface area contributed by atoms with Gasteiger partial charge in [-0.15, -0.1) is 0 Å². The van der Waals surface area contributed by atoms with E-state index in [2.05, 4.69) is 276 Å². The molecule has 2 heterocycles. The van der Waals surface area contributed by atoms with E-state index in [-0.39, 0.29) is 0 Å². The van der Waals surface area contributed by atoms with Crippen LogP contribution >= 0.6 is 0 Å². The van der Waals surface area contributed by atoms with E-state index in [9.17, 15) is 0 Å². The van der Waals surface area contributed by atoms with Crippen LogP contribution in [-0.2, 0) is 5.41 Å². The van der Waals surface area contributed by atoms with Crippen LogP contribution in [-0.4, -0.2) is 4.57 Å². The van der Waals surface area contributed by atoms with E-state index in [1.165, 1.54) is 83.1 Å². The number of fused-ring (bicyclic) bond motifs is 12. The SMILES string of the molecule is c1ccc(-c2ccc(-c3ccccc3N(c3ccccc3-c3ccccc3)c3ccccc3-c3ccc4c(c3)[C@]3(c5ccccc5-4)c4ccccc4-n4c5ccccc5c5cccc3c54)cc2)cc1. The first kappa shape index (κ1) is 39.2. The summed E-state index contributed by atoms with van der Waals surface area (Å²) in [5, 5.41) is 2.56. The summed E-state index contributed by atoms with van der Waals surface area (Å²) in [6, 6.07) is 98.7. The molecule has 1 aliphatic heterocycles. The monoisotopic (exact) mass is 876 g/mol. The van der Waals surface area contributed by atoms with Crippen molar-refractivity contribution in [3.63, 3.8) is 0 Å². The number of hydrogen-bond donors (Lipinski definition) is 0. The lowest BCUT2D eigenvalue weighted by atomic mass is 9.65. The highest BCUT2D eigenvalue weighted by molar-refractivity contribution is 6.13. The minimum absolute atomic E-state index is 0.560. The average Bonchev–Trinajstić information content (AvgIpc) is 3.92. The zero-order valence-corrected chi connectivity index (χ0v) is 37.8. The highest BCUT2D eigenvalue weighted by atomic mass is 15.1. The molecule has 1 aliphatic carbocycles. The molecular formula is C67H44N2. The molecule has 0 bridgehead atoms. The summed E-state index contributed by atoms with van der Waals surface area (Å²) in [5.41, 5.74) is 23.7. The molecule has 0 unspecified atom stereocenters. The third-order valence-electron chi connectivity index (χ3n) is 14.8. The van der Waals surface area contributed by atoms with Gasteiger partial charge in [-0.2, -0.15) is 0 Å². The molecule has 2 nitrogen and oxygen atoms in total. The first-order valence-corrected chi connectivity index (χ1v) is 23.9. The molecular weight excluding hydrogens is 833 g/mol. The number of para-hydroxylation sites is 6. The zero-order valence-electron chi connectivity index (χ0n) is 37.8. The maximum Gasteiger partial charge on any atom is 0.0754 e. The molecule has 69 heavy (non-hydrogen) atoms. The Morgan fingerprint density at radius 3 is 1.42 bits per heavy atom. The van der Waals surface area contributed by atoms with Gasteiger partial charge >= 0.3 is 0 Å². The smallest absolute Gasteiger partial charge is 0.0754 e. The molecule has 11 aromatic carbocycles. The molecule has 1 aromatic heterocycles. The Balaban J connectivity index is 1.02. The second-order valence-corrected chi connectivity index (χ2v) is 18.3. The van der Waals surface area contributed by atoms with Crippen molar-refractivity contribution in [3.05, 3.63) is 289 Å². The van der Waals surface area contributed by atoms with Crippen molar-refractivity contribution in [3.8, 4) is 61.3 Å². The number of aromatic nitrogens is 1. The molecule has 12 aromatic rings. The Morgan fingerprint density at radius 2 is 0.725 bits per heavy atom. The number of rotatable bonds is 7. The molecule has 2 heteroatoms. The van der Waals surface area contributed by atoms with Gasteiger partial charge in [-0.1, -0.05) is 231 Å². The predicted molar refractivity (Wildman–Crippen MR) is 288 cm³/mol. The van der Waals surface area contributed by atoms with E-state index in [0.717, 1.165) is 39.3 Å². The van der Waals surface area contributed by atoms with Crippen LogP contribution < -0.4 is 4.90 Å². The van der Waals surface area contributed by atoms with Gasteiger partial charge in [-0.3, -0.25) is 0 Å². The Morgan fingerprint density at radius 1 is 0.275 bits per heavy atom. The van der Waals surface area contributed by atoms with Gasteiger partial charge in [0, 0.05) is 27.5 Å². The van der Waals surface area contributed by atoms with Crippen molar-refractivity contribution >= 4 is 38.9 Å².